The first-order valence-electron chi connectivity index (χ1n) is 8.11. The molecule has 0 aliphatic carbocycles. The van der Waals surface area contributed by atoms with E-state index in [-0.39, 0.29) is 19.0 Å². The molecule has 136 valence electrons. The van der Waals surface area contributed by atoms with E-state index in [0.29, 0.717) is 16.5 Å². The van der Waals surface area contributed by atoms with Crippen molar-refractivity contribution in [1.82, 2.24) is 20.2 Å². The number of hydrogen-bond acceptors (Lipinski definition) is 6. The molecular formula is C18H19FN4O2S. The lowest BCUT2D eigenvalue weighted by molar-refractivity contribution is 0.0386. The predicted octanol–water partition coefficient (Wildman–Crippen LogP) is 2.78. The lowest BCUT2D eigenvalue weighted by Crippen LogP contribution is -2.18. The molecule has 3 aromatic rings. The molecule has 0 aliphatic rings. The summed E-state index contributed by atoms with van der Waals surface area (Å²) < 4.78 is 20.5. The summed E-state index contributed by atoms with van der Waals surface area (Å²) in [5.74, 6) is 0.0532. The number of aromatic nitrogens is 4. The van der Waals surface area contributed by atoms with Crippen molar-refractivity contribution >= 4 is 11.8 Å². The molecule has 0 saturated heterocycles. The van der Waals surface area contributed by atoms with Crippen molar-refractivity contribution in [1.29, 1.82) is 0 Å². The Kier molecular flexibility index (Phi) is 6.32. The van der Waals surface area contributed by atoms with E-state index < -0.39 is 6.10 Å². The zero-order valence-corrected chi connectivity index (χ0v) is 15.1. The summed E-state index contributed by atoms with van der Waals surface area (Å²) in [7, 11) is 0. The van der Waals surface area contributed by atoms with Gasteiger partial charge in [0.1, 0.15) is 5.82 Å². The van der Waals surface area contributed by atoms with Gasteiger partial charge in [-0.3, -0.25) is 0 Å². The van der Waals surface area contributed by atoms with Crippen LogP contribution in [0.1, 0.15) is 11.1 Å². The highest BCUT2D eigenvalue weighted by molar-refractivity contribution is 7.99. The number of aryl methyl sites for hydroxylation is 1. The first kappa shape index (κ1) is 18.5. The van der Waals surface area contributed by atoms with Crippen LogP contribution in [0.2, 0.25) is 0 Å². The number of nitrogens with zero attached hydrogens (tertiary/aromatic N) is 4. The average molecular weight is 374 g/mol. The Hall–Kier alpha value is -2.29. The molecule has 0 aliphatic heterocycles. The normalized spacial score (nSPS) is 12.3. The molecule has 0 spiro atoms. The minimum atomic E-state index is -0.713. The van der Waals surface area contributed by atoms with E-state index in [4.69, 9.17) is 4.74 Å². The molecule has 0 fully saturated rings. The summed E-state index contributed by atoms with van der Waals surface area (Å²) in [6.45, 7) is 2.22. The largest absolute Gasteiger partial charge is 0.390 e. The van der Waals surface area contributed by atoms with Crippen LogP contribution >= 0.6 is 11.8 Å². The molecule has 0 bridgehead atoms. The van der Waals surface area contributed by atoms with Crippen LogP contribution in [0.15, 0.2) is 53.7 Å². The molecular weight excluding hydrogens is 355 g/mol. The molecule has 1 aromatic heterocycles. The van der Waals surface area contributed by atoms with E-state index in [1.807, 2.05) is 31.2 Å². The van der Waals surface area contributed by atoms with Crippen molar-refractivity contribution in [2.75, 3.05) is 12.4 Å². The number of thioether (sulfide) groups is 1. The second-order valence-electron chi connectivity index (χ2n) is 5.78. The molecule has 0 amide bonds. The van der Waals surface area contributed by atoms with Crippen LogP contribution in [-0.2, 0) is 11.3 Å². The van der Waals surface area contributed by atoms with Crippen molar-refractivity contribution in [2.45, 2.75) is 24.8 Å². The SMILES string of the molecule is Cc1cccc(-n2nnnc2SCC(O)COCc2ccccc2F)c1. The maximum atomic E-state index is 13.5. The third-order valence-corrected chi connectivity index (χ3v) is 4.68. The lowest BCUT2D eigenvalue weighted by atomic mass is 10.2. The Morgan fingerprint density at radius 1 is 1.23 bits per heavy atom. The summed E-state index contributed by atoms with van der Waals surface area (Å²) in [5, 5.41) is 22.4. The van der Waals surface area contributed by atoms with E-state index in [1.54, 1.807) is 22.9 Å². The molecule has 0 radical (unpaired) electrons. The van der Waals surface area contributed by atoms with Gasteiger partial charge in [0.25, 0.3) is 0 Å². The van der Waals surface area contributed by atoms with Gasteiger partial charge >= 0.3 is 0 Å². The lowest BCUT2D eigenvalue weighted by Gasteiger charge is -2.11. The van der Waals surface area contributed by atoms with Crippen LogP contribution < -0.4 is 0 Å². The summed E-state index contributed by atoms with van der Waals surface area (Å²) >= 11 is 1.33. The third kappa shape index (κ3) is 4.87. The van der Waals surface area contributed by atoms with Crippen LogP contribution in [0.4, 0.5) is 4.39 Å². The number of benzene rings is 2. The van der Waals surface area contributed by atoms with Gasteiger partial charge in [-0.25, -0.2) is 4.39 Å². The van der Waals surface area contributed by atoms with Crippen LogP contribution in [0.3, 0.4) is 0 Å². The van der Waals surface area contributed by atoms with Gasteiger partial charge < -0.3 is 9.84 Å². The first-order chi connectivity index (χ1) is 12.6. The minimum absolute atomic E-state index is 0.105. The maximum Gasteiger partial charge on any atom is 0.214 e. The van der Waals surface area contributed by atoms with Crippen molar-refractivity contribution in [2.24, 2.45) is 0 Å². The smallest absolute Gasteiger partial charge is 0.214 e. The highest BCUT2D eigenvalue weighted by Crippen LogP contribution is 2.19. The van der Waals surface area contributed by atoms with Crippen molar-refractivity contribution in [3.8, 4) is 5.69 Å². The Morgan fingerprint density at radius 3 is 2.88 bits per heavy atom. The van der Waals surface area contributed by atoms with Crippen molar-refractivity contribution in [3.63, 3.8) is 0 Å². The van der Waals surface area contributed by atoms with Gasteiger partial charge in [-0.15, -0.1) is 5.10 Å². The van der Waals surface area contributed by atoms with Gasteiger partial charge in [0.05, 0.1) is 25.0 Å². The number of halogens is 1. The van der Waals surface area contributed by atoms with E-state index in [9.17, 15) is 9.50 Å². The standard InChI is InChI=1S/C18H19FN4O2S/c1-13-5-4-7-15(9-13)23-18(20-21-22-23)26-12-16(24)11-25-10-14-6-2-3-8-17(14)19/h2-9,16,24H,10-12H2,1H3. The average Bonchev–Trinajstić information content (AvgIpc) is 3.10. The van der Waals surface area contributed by atoms with Gasteiger partial charge in [0.2, 0.25) is 5.16 Å². The van der Waals surface area contributed by atoms with Gasteiger partial charge in [0, 0.05) is 11.3 Å². The molecule has 1 N–H and O–H groups in total. The van der Waals surface area contributed by atoms with E-state index >= 15 is 0 Å². The number of ether oxygens (including phenoxy) is 1. The second-order valence-corrected chi connectivity index (χ2v) is 6.77. The summed E-state index contributed by atoms with van der Waals surface area (Å²) in [4.78, 5) is 0. The van der Waals surface area contributed by atoms with E-state index in [1.165, 1.54) is 17.8 Å². The molecule has 1 atom stereocenters. The Labute approximate surface area is 155 Å². The fourth-order valence-electron chi connectivity index (χ4n) is 2.33. The number of aliphatic hydroxyl groups is 1. The maximum absolute atomic E-state index is 13.5. The zero-order chi connectivity index (χ0) is 18.4. The molecule has 26 heavy (non-hydrogen) atoms. The Bertz CT molecular complexity index is 858. The van der Waals surface area contributed by atoms with Crippen molar-refractivity contribution in [3.05, 3.63) is 65.5 Å². The van der Waals surface area contributed by atoms with E-state index in [2.05, 4.69) is 15.5 Å². The Balaban J connectivity index is 1.50. The molecule has 1 unspecified atom stereocenters. The van der Waals surface area contributed by atoms with Gasteiger partial charge in [-0.1, -0.05) is 42.1 Å². The quantitative estimate of drug-likeness (QED) is 0.611. The molecule has 6 nitrogen and oxygen atoms in total. The van der Waals surface area contributed by atoms with Gasteiger partial charge in [-0.05, 0) is 41.1 Å². The minimum Gasteiger partial charge on any atom is -0.390 e. The Morgan fingerprint density at radius 2 is 2.08 bits per heavy atom. The van der Waals surface area contributed by atoms with Crippen LogP contribution in [0.5, 0.6) is 0 Å². The molecule has 2 aromatic carbocycles. The molecule has 8 heteroatoms. The predicted molar refractivity (Wildman–Crippen MR) is 96.7 cm³/mol. The summed E-state index contributed by atoms with van der Waals surface area (Å²) in [5.41, 5.74) is 2.44. The zero-order valence-electron chi connectivity index (χ0n) is 14.2. The van der Waals surface area contributed by atoms with Crippen LogP contribution in [0.25, 0.3) is 5.69 Å². The third-order valence-electron chi connectivity index (χ3n) is 3.62. The monoisotopic (exact) mass is 374 g/mol. The highest BCUT2D eigenvalue weighted by atomic mass is 32.2. The number of hydrogen-bond donors (Lipinski definition) is 1. The molecule has 1 heterocycles. The number of aliphatic hydroxyl groups excluding tert-OH is 1. The topological polar surface area (TPSA) is 73.1 Å². The van der Waals surface area contributed by atoms with Gasteiger partial charge in [0.15, 0.2) is 0 Å². The fraction of sp³-hybridized carbons (Fsp3) is 0.278. The van der Waals surface area contributed by atoms with Crippen LogP contribution in [-0.4, -0.2) is 43.8 Å². The fourth-order valence-corrected chi connectivity index (χ4v) is 3.13. The van der Waals surface area contributed by atoms with Gasteiger partial charge in [-0.2, -0.15) is 4.68 Å². The molecule has 0 saturated carbocycles. The van der Waals surface area contributed by atoms with E-state index in [0.717, 1.165) is 11.3 Å². The number of rotatable bonds is 8. The number of tetrazole rings is 1. The summed E-state index contributed by atoms with van der Waals surface area (Å²) in [6.07, 6.45) is -0.713. The van der Waals surface area contributed by atoms with Crippen molar-refractivity contribution < 1.29 is 14.2 Å². The molecule has 3 rings (SSSR count). The van der Waals surface area contributed by atoms with Crippen LogP contribution in [0, 0.1) is 12.7 Å². The summed E-state index contributed by atoms with van der Waals surface area (Å²) in [6, 6.07) is 14.3. The second kappa shape index (κ2) is 8.88. The highest BCUT2D eigenvalue weighted by Gasteiger charge is 2.13. The first-order valence-corrected chi connectivity index (χ1v) is 9.09.